The van der Waals surface area contributed by atoms with E-state index >= 15 is 0 Å². The van der Waals surface area contributed by atoms with Gasteiger partial charge in [-0.1, -0.05) is 0 Å². The largest absolute Gasteiger partial charge is 0.543 e. The van der Waals surface area contributed by atoms with Gasteiger partial charge in [0.25, 0.3) is 5.69 Å². The summed E-state index contributed by atoms with van der Waals surface area (Å²) in [6.07, 6.45) is 0. The third kappa shape index (κ3) is 2.05. The zero-order valence-corrected chi connectivity index (χ0v) is 7.00. The molecule has 0 aromatic carbocycles. The molecule has 0 N–H and O–H groups in total. The molecule has 0 aliphatic carbocycles. The first-order chi connectivity index (χ1) is 6.93. The zero-order chi connectivity index (χ0) is 11.6. The summed E-state index contributed by atoms with van der Waals surface area (Å²) < 4.78 is 0. The molecular weight excluding hydrogens is 208 g/mol. The van der Waals surface area contributed by atoms with Crippen LogP contribution in [0.2, 0.25) is 0 Å². The van der Waals surface area contributed by atoms with Gasteiger partial charge in [-0.15, -0.1) is 0 Å². The summed E-state index contributed by atoms with van der Waals surface area (Å²) >= 11 is 0. The second kappa shape index (κ2) is 3.70. The Morgan fingerprint density at radius 2 is 1.80 bits per heavy atom. The van der Waals surface area contributed by atoms with E-state index in [0.29, 0.717) is 6.07 Å². The Morgan fingerprint density at radius 1 is 1.20 bits per heavy atom. The molecule has 1 rings (SSSR count). The molecule has 0 amide bonds. The molecule has 0 aliphatic heterocycles. The normalized spacial score (nSPS) is 9.60. The molecule has 0 radical (unpaired) electrons. The van der Waals surface area contributed by atoms with Crippen molar-refractivity contribution in [3.63, 3.8) is 0 Å². The summed E-state index contributed by atoms with van der Waals surface area (Å²) in [7, 11) is 0. The number of hydrogen-bond donors (Lipinski definition) is 0. The maximum atomic E-state index is 10.4. The van der Waals surface area contributed by atoms with Gasteiger partial charge in [0.1, 0.15) is 0 Å². The van der Waals surface area contributed by atoms with E-state index in [1.807, 2.05) is 0 Å². The fraction of sp³-hybridized carbons (Fsp3) is 0. The Balaban J connectivity index is 3.40. The van der Waals surface area contributed by atoms with Gasteiger partial charge < -0.3 is 19.8 Å². The van der Waals surface area contributed by atoms with Crippen molar-refractivity contribution in [2.75, 3.05) is 0 Å². The highest BCUT2D eigenvalue weighted by Crippen LogP contribution is 2.15. The van der Waals surface area contributed by atoms with Gasteiger partial charge in [-0.25, -0.2) is 4.98 Å². The number of aromatic carboxylic acids is 2. The third-order valence-electron chi connectivity index (χ3n) is 1.47. The van der Waals surface area contributed by atoms with Crippen molar-refractivity contribution in [2.45, 2.75) is 0 Å². The van der Waals surface area contributed by atoms with Gasteiger partial charge in [0.15, 0.2) is 5.69 Å². The lowest BCUT2D eigenvalue weighted by molar-refractivity contribution is -0.386. The molecule has 0 spiro atoms. The summed E-state index contributed by atoms with van der Waals surface area (Å²) in [5.74, 6) is -3.66. The highest BCUT2D eigenvalue weighted by Gasteiger charge is 2.16. The van der Waals surface area contributed by atoms with Crippen LogP contribution in [0.5, 0.6) is 0 Å². The van der Waals surface area contributed by atoms with Crippen molar-refractivity contribution >= 4 is 17.6 Å². The average Bonchev–Trinajstić information content (AvgIpc) is 2.16. The summed E-state index contributed by atoms with van der Waals surface area (Å²) in [6, 6.07) is 1.49. The van der Waals surface area contributed by atoms with Crippen LogP contribution in [-0.4, -0.2) is 21.8 Å². The lowest BCUT2D eigenvalue weighted by Gasteiger charge is -2.06. The van der Waals surface area contributed by atoms with Gasteiger partial charge in [0.2, 0.25) is 0 Å². The Bertz CT molecular complexity index is 455. The van der Waals surface area contributed by atoms with E-state index in [1.54, 1.807) is 0 Å². The maximum Gasteiger partial charge on any atom is 0.296 e. The summed E-state index contributed by atoms with van der Waals surface area (Å²) in [5, 5.41) is 31.0. The minimum atomic E-state index is -1.93. The van der Waals surface area contributed by atoms with Gasteiger partial charge in [0, 0.05) is 6.07 Å². The minimum Gasteiger partial charge on any atom is -0.543 e. The first-order valence-electron chi connectivity index (χ1n) is 3.51. The SMILES string of the molecule is O=C([O-])c1ccc([N+](=O)[O-])c(C(=O)[O-])n1. The number of rotatable bonds is 3. The van der Waals surface area contributed by atoms with Crippen molar-refractivity contribution in [1.29, 1.82) is 0 Å². The van der Waals surface area contributed by atoms with E-state index in [9.17, 15) is 29.9 Å². The fourth-order valence-corrected chi connectivity index (χ4v) is 0.863. The van der Waals surface area contributed by atoms with Gasteiger partial charge in [-0.2, -0.15) is 0 Å². The second-order valence-corrected chi connectivity index (χ2v) is 2.40. The van der Waals surface area contributed by atoms with Crippen LogP contribution in [0.25, 0.3) is 0 Å². The standard InChI is InChI=1S/C7H4N2O6/c10-6(11)3-1-2-4(9(14)15)5(8-3)7(12)13/h1-2H,(H,10,11)(H,12,13)/p-2. The molecule has 0 unspecified atom stereocenters. The van der Waals surface area contributed by atoms with Crippen LogP contribution in [0.3, 0.4) is 0 Å². The molecule has 1 aromatic rings. The molecule has 1 heterocycles. The number of hydrogen-bond acceptors (Lipinski definition) is 7. The van der Waals surface area contributed by atoms with E-state index in [1.165, 1.54) is 0 Å². The smallest absolute Gasteiger partial charge is 0.296 e. The monoisotopic (exact) mass is 210 g/mol. The number of aromatic nitrogens is 1. The van der Waals surface area contributed by atoms with Crippen molar-refractivity contribution < 1.29 is 24.7 Å². The van der Waals surface area contributed by atoms with Gasteiger partial charge in [-0.05, 0) is 6.07 Å². The molecule has 0 aliphatic rings. The van der Waals surface area contributed by atoms with Gasteiger partial charge in [0.05, 0.1) is 22.6 Å². The Labute approximate surface area is 81.9 Å². The van der Waals surface area contributed by atoms with Crippen LogP contribution in [0, 0.1) is 10.1 Å². The first kappa shape index (κ1) is 10.6. The lowest BCUT2D eigenvalue weighted by atomic mass is 10.2. The van der Waals surface area contributed by atoms with Crippen LogP contribution >= 0.6 is 0 Å². The van der Waals surface area contributed by atoms with E-state index < -0.39 is 33.9 Å². The Kier molecular flexibility index (Phi) is 2.61. The minimum absolute atomic E-state index is 0.709. The van der Waals surface area contributed by atoms with E-state index in [0.717, 1.165) is 6.07 Å². The molecule has 15 heavy (non-hydrogen) atoms. The summed E-state index contributed by atoms with van der Waals surface area (Å²) in [5.41, 5.74) is -2.58. The molecule has 0 fully saturated rings. The third-order valence-corrected chi connectivity index (χ3v) is 1.47. The molecule has 0 saturated heterocycles. The summed E-state index contributed by atoms with van der Waals surface area (Å²) in [6.45, 7) is 0. The number of carboxylic acid groups (broad SMARTS) is 2. The van der Waals surface area contributed by atoms with Crippen molar-refractivity contribution in [3.8, 4) is 0 Å². The first-order valence-corrected chi connectivity index (χ1v) is 3.51. The number of carbonyl (C=O) groups is 2. The Morgan fingerprint density at radius 3 is 2.20 bits per heavy atom. The molecular formula is C7H2N2O6-2. The van der Waals surface area contributed by atoms with Crippen molar-refractivity contribution in [1.82, 2.24) is 4.98 Å². The number of nitrogens with zero attached hydrogens (tertiary/aromatic N) is 2. The molecule has 0 bridgehead atoms. The molecule has 0 saturated carbocycles. The maximum absolute atomic E-state index is 10.4. The Hall–Kier alpha value is -2.51. The number of carboxylic acids is 2. The molecule has 1 aromatic heterocycles. The van der Waals surface area contributed by atoms with Crippen molar-refractivity contribution in [2.24, 2.45) is 0 Å². The van der Waals surface area contributed by atoms with Gasteiger partial charge in [-0.3, -0.25) is 10.1 Å². The molecule has 0 atom stereocenters. The van der Waals surface area contributed by atoms with Crippen LogP contribution < -0.4 is 10.2 Å². The van der Waals surface area contributed by atoms with Crippen molar-refractivity contribution in [3.05, 3.63) is 33.6 Å². The van der Waals surface area contributed by atoms with E-state index in [2.05, 4.69) is 4.98 Å². The number of pyridine rings is 1. The van der Waals surface area contributed by atoms with Gasteiger partial charge >= 0.3 is 0 Å². The lowest BCUT2D eigenvalue weighted by Crippen LogP contribution is -2.28. The van der Waals surface area contributed by atoms with Crippen LogP contribution in [0.4, 0.5) is 5.69 Å². The van der Waals surface area contributed by atoms with Crippen LogP contribution in [-0.2, 0) is 0 Å². The van der Waals surface area contributed by atoms with Crippen LogP contribution in [0.15, 0.2) is 12.1 Å². The predicted molar refractivity (Wildman–Crippen MR) is 39.6 cm³/mol. The molecule has 8 nitrogen and oxygen atoms in total. The quantitative estimate of drug-likeness (QED) is 0.404. The highest BCUT2D eigenvalue weighted by molar-refractivity contribution is 5.91. The second-order valence-electron chi connectivity index (χ2n) is 2.40. The van der Waals surface area contributed by atoms with Crippen LogP contribution in [0.1, 0.15) is 21.0 Å². The average molecular weight is 210 g/mol. The number of carbonyl (C=O) groups excluding carboxylic acids is 2. The number of nitro groups is 1. The zero-order valence-electron chi connectivity index (χ0n) is 7.00. The summed E-state index contributed by atoms with van der Waals surface area (Å²) in [4.78, 5) is 33.1. The fourth-order valence-electron chi connectivity index (χ4n) is 0.863. The molecule has 78 valence electrons. The van der Waals surface area contributed by atoms with E-state index in [4.69, 9.17) is 0 Å². The topological polar surface area (TPSA) is 136 Å². The highest BCUT2D eigenvalue weighted by atomic mass is 16.6. The predicted octanol–water partition coefficient (Wildman–Crippen LogP) is -2.28. The molecule has 8 heteroatoms. The van der Waals surface area contributed by atoms with E-state index in [-0.39, 0.29) is 0 Å².